The summed E-state index contributed by atoms with van der Waals surface area (Å²) < 4.78 is 11.2. The summed E-state index contributed by atoms with van der Waals surface area (Å²) in [5.41, 5.74) is 5.97. The predicted molar refractivity (Wildman–Crippen MR) is 88.7 cm³/mol. The first kappa shape index (κ1) is 16.8. The molecule has 0 aliphatic carbocycles. The second-order valence-corrected chi connectivity index (χ2v) is 6.46. The van der Waals surface area contributed by atoms with E-state index in [1.807, 2.05) is 0 Å². The molecule has 130 valence electrons. The number of likely N-dealkylation sites (tertiary alicyclic amines) is 1. The van der Waals surface area contributed by atoms with Crippen molar-refractivity contribution in [2.75, 3.05) is 26.3 Å². The molecule has 0 saturated carbocycles. The smallest absolute Gasteiger partial charge is 0.253 e. The molecule has 1 aromatic carbocycles. The van der Waals surface area contributed by atoms with Gasteiger partial charge >= 0.3 is 0 Å². The zero-order valence-corrected chi connectivity index (χ0v) is 13.8. The van der Waals surface area contributed by atoms with Crippen molar-refractivity contribution < 1.29 is 19.1 Å². The van der Waals surface area contributed by atoms with Crippen LogP contribution in [-0.2, 0) is 9.53 Å². The lowest BCUT2D eigenvalue weighted by molar-refractivity contribution is -0.123. The normalized spacial score (nSPS) is 23.9. The molecule has 2 saturated heterocycles. The van der Waals surface area contributed by atoms with Gasteiger partial charge in [-0.25, -0.2) is 0 Å². The van der Waals surface area contributed by atoms with Gasteiger partial charge in [0.15, 0.2) is 0 Å². The molecule has 0 bridgehead atoms. The van der Waals surface area contributed by atoms with E-state index in [1.165, 1.54) is 0 Å². The highest BCUT2D eigenvalue weighted by molar-refractivity contribution is 5.94. The Balaban J connectivity index is 1.56. The first-order valence-electron chi connectivity index (χ1n) is 8.56. The predicted octanol–water partition coefficient (Wildman–Crippen LogP) is 1.58. The molecule has 2 amide bonds. The number of carbonyl (C=O) groups is 2. The number of rotatable bonds is 5. The molecule has 2 aliphatic rings. The summed E-state index contributed by atoms with van der Waals surface area (Å²) in [6.07, 6.45) is 3.86. The number of piperidine rings is 1. The van der Waals surface area contributed by atoms with Crippen LogP contribution in [0.5, 0.6) is 5.75 Å². The van der Waals surface area contributed by atoms with Gasteiger partial charge < -0.3 is 20.1 Å². The lowest BCUT2D eigenvalue weighted by Crippen LogP contribution is -2.44. The summed E-state index contributed by atoms with van der Waals surface area (Å²) in [7, 11) is 0. The van der Waals surface area contributed by atoms with Crippen molar-refractivity contribution in [1.82, 2.24) is 4.90 Å². The zero-order chi connectivity index (χ0) is 16.9. The minimum absolute atomic E-state index is 0.0633. The minimum Gasteiger partial charge on any atom is -0.491 e. The molecule has 2 N–H and O–H groups in total. The summed E-state index contributed by atoms with van der Waals surface area (Å²) in [6, 6.07) is 7.14. The Morgan fingerprint density at radius 2 is 2.00 bits per heavy atom. The highest BCUT2D eigenvalue weighted by Crippen LogP contribution is 2.20. The van der Waals surface area contributed by atoms with Crippen LogP contribution in [0.2, 0.25) is 0 Å². The van der Waals surface area contributed by atoms with Crippen LogP contribution in [0.25, 0.3) is 0 Å². The van der Waals surface area contributed by atoms with Crippen LogP contribution in [-0.4, -0.2) is 49.1 Å². The molecule has 24 heavy (non-hydrogen) atoms. The average Bonchev–Trinajstić information content (AvgIpc) is 3.13. The maximum atomic E-state index is 12.6. The minimum atomic E-state index is -0.328. The monoisotopic (exact) mass is 332 g/mol. The van der Waals surface area contributed by atoms with E-state index in [1.54, 1.807) is 29.2 Å². The van der Waals surface area contributed by atoms with Gasteiger partial charge in [0.1, 0.15) is 12.4 Å². The van der Waals surface area contributed by atoms with Crippen LogP contribution in [0.3, 0.4) is 0 Å². The fraction of sp³-hybridized carbons (Fsp3) is 0.556. The second kappa shape index (κ2) is 7.66. The van der Waals surface area contributed by atoms with E-state index in [-0.39, 0.29) is 23.8 Å². The summed E-state index contributed by atoms with van der Waals surface area (Å²) in [5, 5.41) is 0. The Labute approximate surface area is 141 Å². The second-order valence-electron chi connectivity index (χ2n) is 6.46. The molecule has 1 aromatic rings. The third-order valence-electron chi connectivity index (χ3n) is 4.67. The summed E-state index contributed by atoms with van der Waals surface area (Å²) in [5.74, 6) is 0.101. The van der Waals surface area contributed by atoms with Gasteiger partial charge in [0.2, 0.25) is 5.91 Å². The van der Waals surface area contributed by atoms with Crippen molar-refractivity contribution in [2.24, 2.45) is 11.7 Å². The van der Waals surface area contributed by atoms with Crippen LogP contribution in [0.15, 0.2) is 24.3 Å². The molecule has 0 radical (unpaired) electrons. The van der Waals surface area contributed by atoms with Gasteiger partial charge in [-0.15, -0.1) is 0 Å². The molecule has 2 unspecified atom stereocenters. The Bertz CT molecular complexity index is 581. The Kier molecular flexibility index (Phi) is 5.35. The van der Waals surface area contributed by atoms with E-state index in [2.05, 4.69) is 0 Å². The van der Waals surface area contributed by atoms with Gasteiger partial charge in [-0.3, -0.25) is 9.59 Å². The zero-order valence-electron chi connectivity index (χ0n) is 13.8. The number of hydrogen-bond donors (Lipinski definition) is 1. The van der Waals surface area contributed by atoms with Gasteiger partial charge in [0.25, 0.3) is 5.91 Å². The fourth-order valence-corrected chi connectivity index (χ4v) is 3.24. The Morgan fingerprint density at radius 1 is 1.21 bits per heavy atom. The molecule has 2 aliphatic heterocycles. The quantitative estimate of drug-likeness (QED) is 0.887. The first-order chi connectivity index (χ1) is 11.6. The largest absolute Gasteiger partial charge is 0.491 e. The number of hydrogen-bond acceptors (Lipinski definition) is 4. The number of nitrogens with zero attached hydrogens (tertiary/aromatic N) is 1. The lowest BCUT2D eigenvalue weighted by atomic mass is 9.97. The number of ether oxygens (including phenoxy) is 2. The Morgan fingerprint density at radius 3 is 2.67 bits per heavy atom. The number of amides is 2. The number of carbonyl (C=O) groups excluding carboxylic acids is 2. The van der Waals surface area contributed by atoms with Crippen molar-refractivity contribution in [3.05, 3.63) is 29.8 Å². The topological polar surface area (TPSA) is 81.9 Å². The van der Waals surface area contributed by atoms with E-state index < -0.39 is 0 Å². The molecule has 0 aromatic heterocycles. The van der Waals surface area contributed by atoms with Gasteiger partial charge in [0, 0.05) is 25.3 Å². The van der Waals surface area contributed by atoms with Crippen molar-refractivity contribution in [2.45, 2.75) is 31.8 Å². The number of nitrogens with two attached hydrogens (primary N) is 1. The van der Waals surface area contributed by atoms with Crippen molar-refractivity contribution in [1.29, 1.82) is 0 Å². The summed E-state index contributed by atoms with van der Waals surface area (Å²) in [4.78, 5) is 25.6. The molecule has 0 spiro atoms. The fourth-order valence-electron chi connectivity index (χ4n) is 3.24. The van der Waals surface area contributed by atoms with Crippen LogP contribution in [0, 0.1) is 5.92 Å². The molecular weight excluding hydrogens is 308 g/mol. The molecule has 2 fully saturated rings. The molecule has 6 heteroatoms. The third kappa shape index (κ3) is 4.06. The van der Waals surface area contributed by atoms with Crippen LogP contribution in [0.4, 0.5) is 0 Å². The highest BCUT2D eigenvalue weighted by atomic mass is 16.5. The van der Waals surface area contributed by atoms with Crippen molar-refractivity contribution in [3.63, 3.8) is 0 Å². The maximum Gasteiger partial charge on any atom is 0.253 e. The van der Waals surface area contributed by atoms with Crippen LogP contribution in [0.1, 0.15) is 36.0 Å². The average molecular weight is 332 g/mol. The SMILES string of the molecule is NC(=O)C1CCCN(C(=O)c2ccc(OCC3CCCO3)cc2)C1. The van der Waals surface area contributed by atoms with Gasteiger partial charge in [-0.05, 0) is 49.9 Å². The highest BCUT2D eigenvalue weighted by Gasteiger charge is 2.27. The van der Waals surface area contributed by atoms with Crippen molar-refractivity contribution in [3.8, 4) is 5.75 Å². The summed E-state index contributed by atoms with van der Waals surface area (Å²) >= 11 is 0. The van der Waals surface area contributed by atoms with E-state index in [9.17, 15) is 9.59 Å². The third-order valence-corrected chi connectivity index (χ3v) is 4.67. The number of benzene rings is 1. The van der Waals surface area contributed by atoms with Crippen molar-refractivity contribution >= 4 is 11.8 Å². The van der Waals surface area contributed by atoms with Gasteiger partial charge in [-0.2, -0.15) is 0 Å². The first-order valence-corrected chi connectivity index (χ1v) is 8.56. The lowest BCUT2D eigenvalue weighted by Gasteiger charge is -2.31. The molecule has 2 heterocycles. The van der Waals surface area contributed by atoms with E-state index in [0.29, 0.717) is 25.3 Å². The molecule has 6 nitrogen and oxygen atoms in total. The van der Waals surface area contributed by atoms with E-state index >= 15 is 0 Å². The van der Waals surface area contributed by atoms with Gasteiger partial charge in [-0.1, -0.05) is 0 Å². The van der Waals surface area contributed by atoms with Gasteiger partial charge in [0.05, 0.1) is 12.0 Å². The standard InChI is InChI=1S/C18H24N2O4/c19-17(21)14-3-1-9-20(11-14)18(22)13-5-7-15(8-6-13)24-12-16-4-2-10-23-16/h5-8,14,16H,1-4,9-12H2,(H2,19,21). The van der Waals surface area contributed by atoms with E-state index in [4.69, 9.17) is 15.2 Å². The summed E-state index contributed by atoms with van der Waals surface area (Å²) in [6.45, 7) is 2.43. The molecule has 2 atom stereocenters. The molecular formula is C18H24N2O4. The Hall–Kier alpha value is -2.08. The maximum absolute atomic E-state index is 12.6. The van der Waals surface area contributed by atoms with E-state index in [0.717, 1.165) is 38.0 Å². The van der Waals surface area contributed by atoms with Crippen LogP contribution < -0.4 is 10.5 Å². The molecule has 3 rings (SSSR count). The van der Waals surface area contributed by atoms with Crippen LogP contribution >= 0.6 is 0 Å². The number of primary amides is 1.